The highest BCUT2D eigenvalue weighted by Gasteiger charge is 2.35. The number of aliphatic hydroxyl groups excluding tert-OH is 1. The fourth-order valence-corrected chi connectivity index (χ4v) is 1.74. The third-order valence-corrected chi connectivity index (χ3v) is 2.90. The molecule has 0 aromatic heterocycles. The van der Waals surface area contributed by atoms with E-state index < -0.39 is 0 Å². The maximum Gasteiger partial charge on any atom is 0.0613 e. The van der Waals surface area contributed by atoms with Crippen LogP contribution in [0.4, 0.5) is 0 Å². The summed E-state index contributed by atoms with van der Waals surface area (Å²) < 4.78 is 0. The fourth-order valence-electron chi connectivity index (χ4n) is 1.74. The number of hydrogen-bond acceptors (Lipinski definition) is 3. The Kier molecular flexibility index (Phi) is 4.16. The molecule has 3 heteroatoms. The average molecular weight is 186 g/mol. The zero-order chi connectivity index (χ0) is 9.73. The van der Waals surface area contributed by atoms with E-state index in [0.29, 0.717) is 6.61 Å². The molecule has 0 atom stereocenters. The molecule has 1 rings (SSSR count). The molecule has 0 bridgehead atoms. The lowest BCUT2D eigenvalue weighted by Crippen LogP contribution is -2.54. The van der Waals surface area contributed by atoms with Crippen LogP contribution >= 0.6 is 0 Å². The zero-order valence-electron chi connectivity index (χ0n) is 8.84. The highest BCUT2D eigenvalue weighted by molar-refractivity contribution is 4.95. The Labute approximate surface area is 81.1 Å². The second-order valence-electron chi connectivity index (χ2n) is 4.38. The lowest BCUT2D eigenvalue weighted by molar-refractivity contribution is 0.0882. The minimum Gasteiger partial charge on any atom is -0.394 e. The van der Waals surface area contributed by atoms with Gasteiger partial charge in [-0.15, -0.1) is 0 Å². The minimum atomic E-state index is 0.0896. The summed E-state index contributed by atoms with van der Waals surface area (Å²) in [6, 6.07) is 0. The molecule has 13 heavy (non-hydrogen) atoms. The lowest BCUT2D eigenvalue weighted by Gasteiger charge is -2.41. The third kappa shape index (κ3) is 3.25. The Hall–Kier alpha value is -0.120. The van der Waals surface area contributed by atoms with Gasteiger partial charge in [-0.25, -0.2) is 0 Å². The van der Waals surface area contributed by atoms with Crippen molar-refractivity contribution < 1.29 is 5.11 Å². The van der Waals surface area contributed by atoms with E-state index in [9.17, 15) is 5.11 Å². The molecule has 1 saturated carbocycles. The van der Waals surface area contributed by atoms with Crippen LogP contribution in [0.5, 0.6) is 0 Å². The molecule has 0 aromatic carbocycles. The maximum absolute atomic E-state index is 9.17. The van der Waals surface area contributed by atoms with Crippen molar-refractivity contribution in [3.05, 3.63) is 0 Å². The summed E-state index contributed by atoms with van der Waals surface area (Å²) in [5.41, 5.74) is 0.0896. The molecule has 78 valence electrons. The quantitative estimate of drug-likeness (QED) is 0.591. The molecular weight excluding hydrogens is 164 g/mol. The van der Waals surface area contributed by atoms with Gasteiger partial charge in [0.1, 0.15) is 0 Å². The van der Waals surface area contributed by atoms with E-state index in [-0.39, 0.29) is 5.54 Å². The van der Waals surface area contributed by atoms with E-state index in [1.165, 1.54) is 6.42 Å². The Balaban J connectivity index is 2.04. The average Bonchev–Trinajstić information content (AvgIpc) is 2.01. The van der Waals surface area contributed by atoms with Crippen molar-refractivity contribution in [1.29, 1.82) is 0 Å². The van der Waals surface area contributed by atoms with Crippen molar-refractivity contribution >= 4 is 0 Å². The normalized spacial score (nSPS) is 20.3. The van der Waals surface area contributed by atoms with Gasteiger partial charge >= 0.3 is 0 Å². The Morgan fingerprint density at radius 2 is 2.08 bits per heavy atom. The second-order valence-corrected chi connectivity index (χ2v) is 4.38. The van der Waals surface area contributed by atoms with Crippen molar-refractivity contribution in [2.75, 3.05) is 33.8 Å². The summed E-state index contributed by atoms with van der Waals surface area (Å²) >= 11 is 0. The van der Waals surface area contributed by atoms with E-state index in [1.807, 2.05) is 0 Å². The Morgan fingerprint density at radius 1 is 1.38 bits per heavy atom. The van der Waals surface area contributed by atoms with Crippen LogP contribution in [0.2, 0.25) is 0 Å². The molecule has 0 spiro atoms. The molecule has 0 aromatic rings. The van der Waals surface area contributed by atoms with Crippen LogP contribution in [0.3, 0.4) is 0 Å². The molecule has 0 aliphatic heterocycles. The van der Waals surface area contributed by atoms with Crippen LogP contribution in [-0.2, 0) is 0 Å². The van der Waals surface area contributed by atoms with Crippen molar-refractivity contribution in [2.24, 2.45) is 0 Å². The van der Waals surface area contributed by atoms with Crippen LogP contribution < -0.4 is 5.32 Å². The van der Waals surface area contributed by atoms with Crippen LogP contribution in [-0.4, -0.2) is 49.3 Å². The van der Waals surface area contributed by atoms with Gasteiger partial charge in [-0.1, -0.05) is 0 Å². The number of nitrogens with one attached hydrogen (secondary N) is 1. The first-order valence-corrected chi connectivity index (χ1v) is 5.19. The number of aliphatic hydroxyl groups is 1. The Morgan fingerprint density at radius 3 is 2.46 bits per heavy atom. The van der Waals surface area contributed by atoms with E-state index in [2.05, 4.69) is 24.3 Å². The van der Waals surface area contributed by atoms with E-state index in [0.717, 1.165) is 32.4 Å². The molecule has 1 fully saturated rings. The Bertz CT molecular complexity index is 138. The molecule has 2 N–H and O–H groups in total. The molecule has 0 saturated heterocycles. The van der Waals surface area contributed by atoms with Gasteiger partial charge in [0, 0.05) is 5.54 Å². The summed E-state index contributed by atoms with van der Waals surface area (Å²) in [7, 11) is 4.18. The van der Waals surface area contributed by atoms with Gasteiger partial charge in [0.2, 0.25) is 0 Å². The van der Waals surface area contributed by atoms with Gasteiger partial charge in [-0.05, 0) is 52.9 Å². The SMILES string of the molecule is CN(C)CCCNC1(CO)CCC1. The van der Waals surface area contributed by atoms with Gasteiger partial charge < -0.3 is 15.3 Å². The first-order valence-electron chi connectivity index (χ1n) is 5.19. The fraction of sp³-hybridized carbons (Fsp3) is 1.00. The third-order valence-electron chi connectivity index (χ3n) is 2.90. The predicted octanol–water partition coefficient (Wildman–Crippen LogP) is 0.443. The van der Waals surface area contributed by atoms with Gasteiger partial charge in [0.15, 0.2) is 0 Å². The molecule has 0 amide bonds. The minimum absolute atomic E-state index is 0.0896. The van der Waals surface area contributed by atoms with Crippen molar-refractivity contribution in [3.8, 4) is 0 Å². The van der Waals surface area contributed by atoms with E-state index in [4.69, 9.17) is 0 Å². The second kappa shape index (κ2) is 4.94. The summed E-state index contributed by atoms with van der Waals surface area (Å²) in [4.78, 5) is 2.19. The highest BCUT2D eigenvalue weighted by Crippen LogP contribution is 2.30. The van der Waals surface area contributed by atoms with Gasteiger partial charge in [0.05, 0.1) is 6.61 Å². The summed E-state index contributed by atoms with van der Waals surface area (Å²) in [5.74, 6) is 0. The molecule has 0 unspecified atom stereocenters. The molecular formula is C10H22N2O. The van der Waals surface area contributed by atoms with Crippen molar-refractivity contribution in [1.82, 2.24) is 10.2 Å². The molecule has 0 heterocycles. The van der Waals surface area contributed by atoms with Gasteiger partial charge in [-0.3, -0.25) is 0 Å². The summed E-state index contributed by atoms with van der Waals surface area (Å²) in [5, 5.41) is 12.6. The van der Waals surface area contributed by atoms with Crippen LogP contribution in [0, 0.1) is 0 Å². The van der Waals surface area contributed by atoms with Crippen molar-refractivity contribution in [3.63, 3.8) is 0 Å². The molecule has 1 aliphatic rings. The van der Waals surface area contributed by atoms with Crippen LogP contribution in [0.15, 0.2) is 0 Å². The largest absolute Gasteiger partial charge is 0.394 e. The smallest absolute Gasteiger partial charge is 0.0613 e. The van der Waals surface area contributed by atoms with Gasteiger partial charge in [-0.2, -0.15) is 0 Å². The highest BCUT2D eigenvalue weighted by atomic mass is 16.3. The van der Waals surface area contributed by atoms with Crippen LogP contribution in [0.25, 0.3) is 0 Å². The molecule has 3 nitrogen and oxygen atoms in total. The number of rotatable bonds is 6. The predicted molar refractivity (Wildman–Crippen MR) is 54.8 cm³/mol. The zero-order valence-corrected chi connectivity index (χ0v) is 8.84. The standard InChI is InChI=1S/C10H22N2O/c1-12(2)8-4-7-11-10(9-13)5-3-6-10/h11,13H,3-9H2,1-2H3. The van der Waals surface area contributed by atoms with E-state index in [1.54, 1.807) is 0 Å². The van der Waals surface area contributed by atoms with Gasteiger partial charge in [0.25, 0.3) is 0 Å². The number of hydrogen-bond donors (Lipinski definition) is 2. The van der Waals surface area contributed by atoms with Crippen molar-refractivity contribution in [2.45, 2.75) is 31.2 Å². The van der Waals surface area contributed by atoms with E-state index >= 15 is 0 Å². The molecule has 1 aliphatic carbocycles. The summed E-state index contributed by atoms with van der Waals surface area (Å²) in [6.07, 6.45) is 4.72. The first-order chi connectivity index (χ1) is 6.18. The molecule has 0 radical (unpaired) electrons. The number of nitrogens with zero attached hydrogens (tertiary/aromatic N) is 1. The maximum atomic E-state index is 9.17. The topological polar surface area (TPSA) is 35.5 Å². The lowest BCUT2D eigenvalue weighted by atomic mass is 9.77. The monoisotopic (exact) mass is 186 g/mol. The summed E-state index contributed by atoms with van der Waals surface area (Å²) in [6.45, 7) is 2.45. The first kappa shape index (κ1) is 11.0. The van der Waals surface area contributed by atoms with Crippen LogP contribution in [0.1, 0.15) is 25.7 Å².